The average Bonchev–Trinajstić information content (AvgIpc) is 2.34. The Labute approximate surface area is 82.1 Å². The van der Waals surface area contributed by atoms with Gasteiger partial charge in [0.05, 0.1) is 9.49 Å². The Hall–Kier alpha value is -0.230. The largest absolute Gasteiger partial charge is 0.240 e. The van der Waals surface area contributed by atoms with E-state index in [0.29, 0.717) is 11.0 Å². The van der Waals surface area contributed by atoms with Crippen LogP contribution in [0.15, 0.2) is 11.3 Å². The summed E-state index contributed by atoms with van der Waals surface area (Å²) in [7, 11) is 0. The van der Waals surface area contributed by atoms with Crippen molar-refractivity contribution in [2.24, 2.45) is 4.99 Å². The van der Waals surface area contributed by atoms with Crippen LogP contribution >= 0.6 is 34.2 Å². The van der Waals surface area contributed by atoms with Crippen LogP contribution in [-0.4, -0.2) is 16.2 Å². The van der Waals surface area contributed by atoms with Crippen molar-refractivity contribution >= 4 is 46.2 Å². The second-order valence-corrected chi connectivity index (χ2v) is 3.78. The lowest BCUT2D eigenvalue weighted by molar-refractivity contribution is 1.13. The van der Waals surface area contributed by atoms with Crippen molar-refractivity contribution in [3.8, 4) is 0 Å². The Morgan fingerprint density at radius 2 is 2.27 bits per heavy atom. The minimum Gasteiger partial charge on any atom is -0.240 e. The van der Waals surface area contributed by atoms with E-state index in [1.807, 2.05) is 6.21 Å². The summed E-state index contributed by atoms with van der Waals surface area (Å²) in [5.74, 6) is 0.699. The van der Waals surface area contributed by atoms with Crippen molar-refractivity contribution < 1.29 is 0 Å². The monoisotopic (exact) mass is 279 g/mol. The van der Waals surface area contributed by atoms with E-state index in [-0.39, 0.29) is 3.92 Å². The molecule has 1 aliphatic heterocycles. The number of aromatic nitrogens is 2. The van der Waals surface area contributed by atoms with E-state index in [9.17, 15) is 0 Å². The van der Waals surface area contributed by atoms with Crippen molar-refractivity contribution in [1.29, 1.82) is 0 Å². The van der Waals surface area contributed by atoms with E-state index in [2.05, 4.69) is 37.6 Å². The van der Waals surface area contributed by atoms with E-state index >= 15 is 0 Å². The summed E-state index contributed by atoms with van der Waals surface area (Å²) < 4.78 is 0.219. The summed E-state index contributed by atoms with van der Waals surface area (Å²) in [5.41, 5.74) is 0.926. The van der Waals surface area contributed by atoms with E-state index in [0.717, 1.165) is 5.56 Å². The second-order valence-electron chi connectivity index (χ2n) is 2.08. The Kier molecular flexibility index (Phi) is 1.80. The van der Waals surface area contributed by atoms with Gasteiger partial charge >= 0.3 is 0 Å². The maximum absolute atomic E-state index is 5.83. The molecule has 0 N–H and O–H groups in total. The molecule has 0 radical (unpaired) electrons. The van der Waals surface area contributed by atoms with Gasteiger partial charge in [-0.2, -0.15) is 0 Å². The van der Waals surface area contributed by atoms with Gasteiger partial charge in [-0.3, -0.25) is 0 Å². The quantitative estimate of drug-likeness (QED) is 0.415. The summed E-state index contributed by atoms with van der Waals surface area (Å²) >= 11 is 8.06. The maximum atomic E-state index is 5.83. The third-order valence-electron chi connectivity index (χ3n) is 1.42. The van der Waals surface area contributed by atoms with Gasteiger partial charge in [0, 0.05) is 6.21 Å². The van der Waals surface area contributed by atoms with Crippen molar-refractivity contribution in [2.45, 2.75) is 3.92 Å². The van der Waals surface area contributed by atoms with Crippen molar-refractivity contribution in [3.05, 3.63) is 17.0 Å². The lowest BCUT2D eigenvalue weighted by atomic mass is 10.3. The minimum atomic E-state index is 0.219. The molecule has 1 atom stereocenters. The fraction of sp³-hybridized carbons (Fsp3) is 0.167. The molecule has 0 saturated carbocycles. The number of aliphatic imine (C=N–C) groups is 1. The highest BCUT2D eigenvalue weighted by molar-refractivity contribution is 14.1. The van der Waals surface area contributed by atoms with Crippen LogP contribution in [0.25, 0.3) is 0 Å². The van der Waals surface area contributed by atoms with Gasteiger partial charge in [-0.15, -0.1) is 0 Å². The molecule has 0 saturated heterocycles. The van der Waals surface area contributed by atoms with Gasteiger partial charge in [0.15, 0.2) is 5.82 Å². The van der Waals surface area contributed by atoms with Gasteiger partial charge in [-0.05, 0) is 0 Å². The van der Waals surface area contributed by atoms with Crippen molar-refractivity contribution in [2.75, 3.05) is 0 Å². The predicted octanol–water partition coefficient (Wildman–Crippen LogP) is 2.32. The summed E-state index contributed by atoms with van der Waals surface area (Å²) in [5, 5.41) is 0.506. The number of hydrogen-bond donors (Lipinski definition) is 0. The molecule has 0 aromatic carbocycles. The Morgan fingerprint density at radius 3 is 3.00 bits per heavy atom. The summed E-state index contributed by atoms with van der Waals surface area (Å²) in [4.78, 5) is 11.9. The first kappa shape index (κ1) is 7.42. The molecule has 0 fully saturated rings. The Morgan fingerprint density at radius 1 is 1.45 bits per heavy atom. The van der Waals surface area contributed by atoms with Gasteiger partial charge in [0.1, 0.15) is 11.5 Å². The maximum Gasteiger partial charge on any atom is 0.161 e. The molecule has 56 valence electrons. The molecule has 2 heterocycles. The molecule has 3 nitrogen and oxygen atoms in total. The van der Waals surface area contributed by atoms with E-state index in [4.69, 9.17) is 11.6 Å². The topological polar surface area (TPSA) is 38.1 Å². The number of rotatable bonds is 0. The van der Waals surface area contributed by atoms with Gasteiger partial charge in [0.2, 0.25) is 0 Å². The normalized spacial score (nSPS) is 20.4. The number of hydrogen-bond acceptors (Lipinski definition) is 3. The lowest BCUT2D eigenvalue weighted by Gasteiger charge is -2.00. The molecule has 2 rings (SSSR count). The van der Waals surface area contributed by atoms with Crippen LogP contribution in [0.3, 0.4) is 0 Å². The highest BCUT2D eigenvalue weighted by Gasteiger charge is 2.20. The van der Waals surface area contributed by atoms with E-state index in [1.165, 1.54) is 6.33 Å². The van der Waals surface area contributed by atoms with Gasteiger partial charge in [-0.1, -0.05) is 34.2 Å². The van der Waals surface area contributed by atoms with Crippen LogP contribution in [0.2, 0.25) is 5.15 Å². The molecule has 0 aliphatic carbocycles. The van der Waals surface area contributed by atoms with Crippen molar-refractivity contribution in [1.82, 2.24) is 9.97 Å². The SMILES string of the molecule is Clc1ncnc2c1C(I)C=N2. The van der Waals surface area contributed by atoms with Gasteiger partial charge in [0.25, 0.3) is 0 Å². The second kappa shape index (κ2) is 2.67. The van der Waals surface area contributed by atoms with Crippen molar-refractivity contribution in [3.63, 3.8) is 0 Å². The van der Waals surface area contributed by atoms with Gasteiger partial charge in [-0.25, -0.2) is 15.0 Å². The fourth-order valence-corrected chi connectivity index (χ4v) is 2.08. The van der Waals surface area contributed by atoms with Crippen LogP contribution < -0.4 is 0 Å². The first-order chi connectivity index (χ1) is 5.29. The third-order valence-corrected chi connectivity index (χ3v) is 2.66. The highest BCUT2D eigenvalue weighted by atomic mass is 127. The van der Waals surface area contributed by atoms with Crippen LogP contribution in [0.1, 0.15) is 9.49 Å². The molecular formula is C6H3ClIN3. The molecular weight excluding hydrogens is 276 g/mol. The number of nitrogens with zero attached hydrogens (tertiary/aromatic N) is 3. The molecule has 0 bridgehead atoms. The summed E-state index contributed by atoms with van der Waals surface area (Å²) in [6, 6.07) is 0. The zero-order valence-corrected chi connectivity index (χ0v) is 8.24. The van der Waals surface area contributed by atoms with E-state index < -0.39 is 0 Å². The fourth-order valence-electron chi connectivity index (χ4n) is 0.916. The highest BCUT2D eigenvalue weighted by Crippen LogP contribution is 2.37. The van der Waals surface area contributed by atoms with Crippen LogP contribution in [0.4, 0.5) is 5.82 Å². The lowest BCUT2D eigenvalue weighted by Crippen LogP contribution is -1.89. The van der Waals surface area contributed by atoms with Crippen LogP contribution in [-0.2, 0) is 0 Å². The third kappa shape index (κ3) is 1.14. The zero-order valence-electron chi connectivity index (χ0n) is 5.33. The predicted molar refractivity (Wildman–Crippen MR) is 52.0 cm³/mol. The molecule has 5 heteroatoms. The molecule has 1 aliphatic rings. The van der Waals surface area contributed by atoms with E-state index in [1.54, 1.807) is 0 Å². The number of alkyl halides is 1. The van der Waals surface area contributed by atoms with Gasteiger partial charge < -0.3 is 0 Å². The molecule has 1 aromatic heterocycles. The molecule has 1 unspecified atom stereocenters. The summed E-state index contributed by atoms with van der Waals surface area (Å²) in [6.07, 6.45) is 3.24. The minimum absolute atomic E-state index is 0.219. The average molecular weight is 279 g/mol. The molecule has 1 aromatic rings. The smallest absolute Gasteiger partial charge is 0.161 e. The van der Waals surface area contributed by atoms with Crippen LogP contribution in [0, 0.1) is 0 Å². The number of fused-ring (bicyclic) bond motifs is 1. The molecule has 0 amide bonds. The first-order valence-corrected chi connectivity index (χ1v) is 4.60. The summed E-state index contributed by atoms with van der Waals surface area (Å²) in [6.45, 7) is 0. The number of halogens is 2. The molecule has 0 spiro atoms. The standard InChI is InChI=1S/C6H3ClIN3/c7-5-4-3(8)1-9-6(4)11-2-10-5/h1-3H. The zero-order chi connectivity index (χ0) is 7.84. The Balaban J connectivity index is 2.65. The first-order valence-electron chi connectivity index (χ1n) is 2.97. The van der Waals surface area contributed by atoms with Crippen LogP contribution in [0.5, 0.6) is 0 Å². The Bertz CT molecular complexity index is 326. The molecule has 11 heavy (non-hydrogen) atoms.